The Bertz CT molecular complexity index is 1190. The van der Waals surface area contributed by atoms with Crippen LogP contribution < -0.4 is 0 Å². The largest absolute Gasteiger partial charge is 2.00 e. The third-order valence-electron chi connectivity index (χ3n) is 6.47. The van der Waals surface area contributed by atoms with Crippen LogP contribution in [0.1, 0.15) is 125 Å². The van der Waals surface area contributed by atoms with Gasteiger partial charge in [-0.2, -0.15) is 4.31 Å². The molecule has 1 atom stereocenters. The molecular formula is C29H48CaO7P2. The fourth-order valence-electron chi connectivity index (χ4n) is 4.37. The maximum absolute atomic E-state index is 13.0. The van der Waals surface area contributed by atoms with E-state index >= 15 is 0 Å². The first-order valence-electron chi connectivity index (χ1n) is 12.8. The van der Waals surface area contributed by atoms with Crippen LogP contribution in [0.3, 0.4) is 0 Å². The van der Waals surface area contributed by atoms with Gasteiger partial charge in [-0.1, -0.05) is 119 Å². The summed E-state index contributed by atoms with van der Waals surface area (Å²) in [5.74, 6) is 0. The van der Waals surface area contributed by atoms with E-state index in [1.165, 1.54) is 0 Å². The normalized spacial score (nSPS) is 15.2. The van der Waals surface area contributed by atoms with Crippen molar-refractivity contribution in [3.05, 3.63) is 69.8 Å². The Kier molecular flexibility index (Phi) is 11.7. The molecule has 2 aromatic carbocycles. The van der Waals surface area contributed by atoms with Gasteiger partial charge in [0.1, 0.15) is 6.10 Å². The summed E-state index contributed by atoms with van der Waals surface area (Å²) in [4.78, 5) is 29.1. The summed E-state index contributed by atoms with van der Waals surface area (Å²) in [6.07, 6.45) is -1.14. The molecule has 0 amide bonds. The van der Waals surface area contributed by atoms with E-state index in [9.17, 15) is 23.8 Å². The van der Waals surface area contributed by atoms with E-state index in [0.717, 1.165) is 22.3 Å². The van der Waals surface area contributed by atoms with Crippen LogP contribution in [0.2, 0.25) is 0 Å². The predicted octanol–water partition coefficient (Wildman–Crippen LogP) is 8.04. The Morgan fingerprint density at radius 1 is 0.641 bits per heavy atom. The number of hydrogen-bond acceptors (Lipinski definition) is 4. The molecule has 10 heteroatoms. The Balaban J connectivity index is 0. The third-order valence-corrected chi connectivity index (χ3v) is 8.62. The molecular weight excluding hydrogens is 562 g/mol. The molecule has 0 spiro atoms. The molecule has 0 bridgehead atoms. The van der Waals surface area contributed by atoms with E-state index < -0.39 is 21.7 Å². The molecule has 2 aromatic rings. The van der Waals surface area contributed by atoms with Crippen molar-refractivity contribution < 1.29 is 35.5 Å². The van der Waals surface area contributed by atoms with Crippen molar-refractivity contribution in [2.24, 2.45) is 0 Å². The average molecular weight is 611 g/mol. The quantitative estimate of drug-likeness (QED) is 0.224. The van der Waals surface area contributed by atoms with Crippen molar-refractivity contribution in [3.8, 4) is 0 Å². The number of rotatable bonds is 6. The summed E-state index contributed by atoms with van der Waals surface area (Å²) in [7, 11) is -10.5. The smallest absolute Gasteiger partial charge is 1.00 e. The van der Waals surface area contributed by atoms with Crippen molar-refractivity contribution in [2.45, 2.75) is 111 Å². The molecule has 0 aliphatic rings. The third kappa shape index (κ3) is 10.3. The minimum absolute atomic E-state index is 0. The maximum atomic E-state index is 13.0. The van der Waals surface area contributed by atoms with Gasteiger partial charge in [0.15, 0.2) is 0 Å². The van der Waals surface area contributed by atoms with Gasteiger partial charge in [0.2, 0.25) is 0 Å². The summed E-state index contributed by atoms with van der Waals surface area (Å²) >= 11 is 0. The first-order valence-corrected chi connectivity index (χ1v) is 15.8. The molecule has 0 saturated carbocycles. The number of hydrogen-bond donors (Lipinski definition) is 3. The molecule has 0 saturated heterocycles. The van der Waals surface area contributed by atoms with E-state index in [4.69, 9.17) is 4.52 Å². The second kappa shape index (κ2) is 12.3. The predicted molar refractivity (Wildman–Crippen MR) is 162 cm³/mol. The van der Waals surface area contributed by atoms with Crippen molar-refractivity contribution in [3.63, 3.8) is 0 Å². The minimum Gasteiger partial charge on any atom is -1.00 e. The molecule has 39 heavy (non-hydrogen) atoms. The zero-order chi connectivity index (χ0) is 29.7. The first kappa shape index (κ1) is 37.0. The second-order valence-electron chi connectivity index (χ2n) is 14.1. The van der Waals surface area contributed by atoms with Crippen LogP contribution in [-0.4, -0.2) is 52.4 Å². The summed E-state index contributed by atoms with van der Waals surface area (Å²) in [6, 6.07) is 11.9. The summed E-state index contributed by atoms with van der Waals surface area (Å²) in [6.45, 7) is 25.0. The summed E-state index contributed by atoms with van der Waals surface area (Å²) < 4.78 is 34.5. The number of phosphoric acid groups is 2. The molecule has 0 fully saturated rings. The topological polar surface area (TPSA) is 113 Å². The van der Waals surface area contributed by atoms with Gasteiger partial charge in [0.05, 0.1) is 0 Å². The Labute approximate surface area is 267 Å². The molecule has 3 N–H and O–H groups in total. The van der Waals surface area contributed by atoms with Gasteiger partial charge in [0, 0.05) is 0 Å². The van der Waals surface area contributed by atoms with Crippen LogP contribution in [-0.2, 0) is 39.6 Å². The molecule has 218 valence electrons. The number of benzene rings is 2. The second-order valence-corrected chi connectivity index (χ2v) is 16.9. The first-order chi connectivity index (χ1) is 16.7. The van der Waals surface area contributed by atoms with Gasteiger partial charge < -0.3 is 17.5 Å². The molecule has 1 unspecified atom stereocenters. The maximum Gasteiger partial charge on any atom is 2.00 e. The molecule has 0 heterocycles. The van der Waals surface area contributed by atoms with Crippen LogP contribution in [0.15, 0.2) is 36.4 Å². The zero-order valence-corrected chi connectivity index (χ0v) is 29.6. The van der Waals surface area contributed by atoms with Crippen molar-refractivity contribution in [1.29, 1.82) is 0 Å². The van der Waals surface area contributed by atoms with Crippen molar-refractivity contribution in [2.75, 3.05) is 0 Å². The van der Waals surface area contributed by atoms with Gasteiger partial charge in [-0.25, -0.2) is 9.13 Å². The SMILES string of the molecule is CC(C)(C)c1ccc(C(OP(=O)(O)OP(=O)(O)O)c2ccc(C(C)(C)C)cc2C(C)(C)C)c(C(C)(C)C)c1.[Ca+2].[H-].[H-]. The Morgan fingerprint density at radius 2 is 0.974 bits per heavy atom. The van der Waals surface area contributed by atoms with Gasteiger partial charge in [-0.05, 0) is 55.0 Å². The van der Waals surface area contributed by atoms with E-state index in [-0.39, 0.29) is 62.3 Å². The van der Waals surface area contributed by atoms with Gasteiger partial charge >= 0.3 is 53.4 Å². The van der Waals surface area contributed by atoms with Gasteiger partial charge in [-0.3, -0.25) is 4.52 Å². The summed E-state index contributed by atoms with van der Waals surface area (Å²) in [5, 5.41) is 0. The fourth-order valence-corrected chi connectivity index (χ4v) is 6.09. The Morgan fingerprint density at radius 3 is 1.23 bits per heavy atom. The van der Waals surface area contributed by atoms with E-state index in [1.54, 1.807) is 0 Å². The van der Waals surface area contributed by atoms with Gasteiger partial charge in [0.25, 0.3) is 0 Å². The van der Waals surface area contributed by atoms with E-state index in [0.29, 0.717) is 11.1 Å². The van der Waals surface area contributed by atoms with E-state index in [2.05, 4.69) is 58.0 Å². The molecule has 0 aliphatic carbocycles. The van der Waals surface area contributed by atoms with Crippen LogP contribution in [0.5, 0.6) is 0 Å². The van der Waals surface area contributed by atoms with Crippen LogP contribution in [0, 0.1) is 0 Å². The average Bonchev–Trinajstić information content (AvgIpc) is 2.67. The molecule has 2 rings (SSSR count). The summed E-state index contributed by atoms with van der Waals surface area (Å²) in [5.41, 5.74) is 4.17. The van der Waals surface area contributed by atoms with E-state index in [1.807, 2.05) is 65.8 Å². The Hall–Kier alpha value is -0.0403. The van der Waals surface area contributed by atoms with Gasteiger partial charge in [-0.15, -0.1) is 0 Å². The number of phosphoric ester groups is 1. The monoisotopic (exact) mass is 610 g/mol. The molecule has 7 nitrogen and oxygen atoms in total. The standard InChI is InChI=1S/C29H46O7P2.Ca.2H/c1-26(2,3)19-13-15-21(23(17-19)28(7,8)9)25(35-38(33,34)36-37(30,31)32)22-16-14-20(27(4,5)6)18-24(22)29(10,11)12;;;/h13-18,25H,1-12H3,(H,33,34)(H2,30,31,32);;;/q;+2;2*-1. The molecule has 0 aromatic heterocycles. The van der Waals surface area contributed by atoms with Crippen LogP contribution in [0.25, 0.3) is 0 Å². The fraction of sp³-hybridized carbons (Fsp3) is 0.586. The van der Waals surface area contributed by atoms with Crippen LogP contribution >= 0.6 is 15.6 Å². The van der Waals surface area contributed by atoms with Crippen LogP contribution in [0.4, 0.5) is 0 Å². The molecule has 0 radical (unpaired) electrons. The van der Waals surface area contributed by atoms with Crippen molar-refractivity contribution in [1.82, 2.24) is 0 Å². The molecule has 0 aliphatic heterocycles. The zero-order valence-electron chi connectivity index (χ0n) is 27.6. The minimum atomic E-state index is -5.31. The van der Waals surface area contributed by atoms with Crippen molar-refractivity contribution >= 4 is 53.4 Å².